The van der Waals surface area contributed by atoms with Gasteiger partial charge in [-0.05, 0) is 18.1 Å². The first-order valence-corrected chi connectivity index (χ1v) is 6.00. The largest absolute Gasteiger partial charge is 0.478 e. The van der Waals surface area contributed by atoms with E-state index < -0.39 is 11.8 Å². The van der Waals surface area contributed by atoms with E-state index >= 15 is 0 Å². The zero-order valence-electron chi connectivity index (χ0n) is 11.0. The van der Waals surface area contributed by atoms with Gasteiger partial charge in [0.15, 0.2) is 0 Å². The summed E-state index contributed by atoms with van der Waals surface area (Å²) in [6.45, 7) is 3.91. The number of halogens is 1. The first kappa shape index (κ1) is 13.9. The Bertz CT molecular complexity index is 644. The summed E-state index contributed by atoms with van der Waals surface area (Å²) in [5.41, 5.74) is 0.624. The second kappa shape index (κ2) is 5.64. The minimum Gasteiger partial charge on any atom is -0.478 e. The van der Waals surface area contributed by atoms with Crippen LogP contribution in [0.4, 0.5) is 4.39 Å². The van der Waals surface area contributed by atoms with E-state index in [9.17, 15) is 9.18 Å². The van der Waals surface area contributed by atoms with Gasteiger partial charge in [-0.25, -0.2) is 19.2 Å². The van der Waals surface area contributed by atoms with Gasteiger partial charge in [-0.2, -0.15) is 0 Å². The highest BCUT2D eigenvalue weighted by Gasteiger charge is 2.14. The molecule has 104 valence electrons. The van der Waals surface area contributed by atoms with Gasteiger partial charge >= 0.3 is 5.97 Å². The molecule has 1 aromatic heterocycles. The molecule has 2 rings (SSSR count). The molecule has 6 heteroatoms. The molecule has 0 aliphatic rings. The molecule has 0 bridgehead atoms. The molecular formula is C14H13FN2O3. The molecule has 5 nitrogen and oxygen atoms in total. The van der Waals surface area contributed by atoms with Gasteiger partial charge in [0.25, 0.3) is 0 Å². The molecule has 0 amide bonds. The molecule has 0 aliphatic heterocycles. The molecule has 0 radical (unpaired) electrons. The number of hydrogen-bond acceptors (Lipinski definition) is 4. The van der Waals surface area contributed by atoms with Crippen molar-refractivity contribution in [3.63, 3.8) is 0 Å². The van der Waals surface area contributed by atoms with Crippen molar-refractivity contribution < 1.29 is 19.0 Å². The van der Waals surface area contributed by atoms with E-state index in [0.29, 0.717) is 0 Å². The Morgan fingerprint density at radius 2 is 2.05 bits per heavy atom. The molecule has 0 aliphatic carbocycles. The fraction of sp³-hybridized carbons (Fsp3) is 0.214. The third kappa shape index (κ3) is 3.09. The summed E-state index contributed by atoms with van der Waals surface area (Å²) in [4.78, 5) is 19.0. The van der Waals surface area contributed by atoms with Crippen molar-refractivity contribution in [2.45, 2.75) is 19.8 Å². The predicted molar refractivity (Wildman–Crippen MR) is 69.6 cm³/mol. The second-order valence-electron chi connectivity index (χ2n) is 4.48. The number of carboxylic acids is 1. The third-order valence-corrected chi connectivity index (χ3v) is 2.64. The number of aromatic carboxylic acids is 1. The van der Waals surface area contributed by atoms with Gasteiger partial charge in [-0.1, -0.05) is 13.8 Å². The topological polar surface area (TPSA) is 72.3 Å². The number of aromatic nitrogens is 2. The van der Waals surface area contributed by atoms with E-state index in [-0.39, 0.29) is 23.1 Å². The fourth-order valence-corrected chi connectivity index (χ4v) is 1.59. The van der Waals surface area contributed by atoms with Gasteiger partial charge in [-0.15, -0.1) is 0 Å². The SMILES string of the molecule is CC(C)c1cc(Oc2cc(F)ccc2C(=O)O)ncn1. The standard InChI is InChI=1S/C14H13FN2O3/c1-8(2)11-6-13(17-7-16-11)20-12-5-9(15)3-4-10(12)14(18)19/h3-8H,1-2H3,(H,18,19). The van der Waals surface area contributed by atoms with E-state index in [1.807, 2.05) is 13.8 Å². The molecule has 0 saturated carbocycles. The number of carboxylic acid groups (broad SMARTS) is 1. The van der Waals surface area contributed by atoms with Crippen LogP contribution in [0.1, 0.15) is 35.8 Å². The number of nitrogens with zero attached hydrogens (tertiary/aromatic N) is 2. The van der Waals surface area contributed by atoms with Gasteiger partial charge in [0.05, 0.1) is 5.69 Å². The quantitative estimate of drug-likeness (QED) is 0.928. The van der Waals surface area contributed by atoms with Gasteiger partial charge < -0.3 is 9.84 Å². The van der Waals surface area contributed by atoms with Crippen LogP contribution in [-0.4, -0.2) is 21.0 Å². The van der Waals surface area contributed by atoms with E-state index in [2.05, 4.69) is 9.97 Å². The zero-order chi connectivity index (χ0) is 14.7. The van der Waals surface area contributed by atoms with Crippen LogP contribution in [0.15, 0.2) is 30.6 Å². The Balaban J connectivity index is 2.36. The van der Waals surface area contributed by atoms with Gasteiger partial charge in [-0.3, -0.25) is 0 Å². The van der Waals surface area contributed by atoms with Crippen LogP contribution >= 0.6 is 0 Å². The van der Waals surface area contributed by atoms with Crippen molar-refractivity contribution in [1.29, 1.82) is 0 Å². The lowest BCUT2D eigenvalue weighted by Crippen LogP contribution is -2.02. The van der Waals surface area contributed by atoms with E-state index in [1.54, 1.807) is 6.07 Å². The average molecular weight is 276 g/mol. The molecule has 0 unspecified atom stereocenters. The summed E-state index contributed by atoms with van der Waals surface area (Å²) in [6.07, 6.45) is 1.32. The van der Waals surface area contributed by atoms with Crippen LogP contribution in [-0.2, 0) is 0 Å². The van der Waals surface area contributed by atoms with Crippen LogP contribution < -0.4 is 4.74 Å². The van der Waals surface area contributed by atoms with E-state index in [1.165, 1.54) is 6.33 Å². The maximum Gasteiger partial charge on any atom is 0.339 e. The Kier molecular flexibility index (Phi) is 3.93. The molecule has 0 fully saturated rings. The van der Waals surface area contributed by atoms with Crippen LogP contribution in [0, 0.1) is 5.82 Å². The van der Waals surface area contributed by atoms with Crippen molar-refractivity contribution in [3.8, 4) is 11.6 Å². The van der Waals surface area contributed by atoms with Gasteiger partial charge in [0.1, 0.15) is 23.5 Å². The Hall–Kier alpha value is -2.50. The number of ether oxygens (including phenoxy) is 1. The zero-order valence-corrected chi connectivity index (χ0v) is 11.0. The molecular weight excluding hydrogens is 263 g/mol. The number of carbonyl (C=O) groups is 1. The lowest BCUT2D eigenvalue weighted by molar-refractivity contribution is 0.0694. The molecule has 20 heavy (non-hydrogen) atoms. The summed E-state index contributed by atoms with van der Waals surface area (Å²) in [5.74, 6) is -1.52. The number of rotatable bonds is 4. The van der Waals surface area contributed by atoms with Crippen molar-refractivity contribution >= 4 is 5.97 Å². The summed E-state index contributed by atoms with van der Waals surface area (Å²) < 4.78 is 18.6. The molecule has 1 aromatic carbocycles. The van der Waals surface area contributed by atoms with Crippen LogP contribution in [0.25, 0.3) is 0 Å². The Morgan fingerprint density at radius 1 is 1.30 bits per heavy atom. The first-order chi connectivity index (χ1) is 9.47. The van der Waals surface area contributed by atoms with E-state index in [4.69, 9.17) is 9.84 Å². The monoisotopic (exact) mass is 276 g/mol. The third-order valence-electron chi connectivity index (χ3n) is 2.64. The Labute approximate surface area is 115 Å². The van der Waals surface area contributed by atoms with E-state index in [0.717, 1.165) is 23.9 Å². The smallest absolute Gasteiger partial charge is 0.339 e. The van der Waals surface area contributed by atoms with Gasteiger partial charge in [0, 0.05) is 12.1 Å². The fourth-order valence-electron chi connectivity index (χ4n) is 1.59. The summed E-state index contributed by atoms with van der Waals surface area (Å²) in [5, 5.41) is 9.04. The molecule has 0 atom stereocenters. The average Bonchev–Trinajstić information content (AvgIpc) is 2.38. The van der Waals surface area contributed by atoms with Crippen LogP contribution in [0.5, 0.6) is 11.6 Å². The highest BCUT2D eigenvalue weighted by atomic mass is 19.1. The maximum absolute atomic E-state index is 13.2. The minimum atomic E-state index is -1.20. The summed E-state index contributed by atoms with van der Waals surface area (Å²) in [6, 6.07) is 4.83. The lowest BCUT2D eigenvalue weighted by Gasteiger charge is -2.09. The van der Waals surface area contributed by atoms with Crippen molar-refractivity contribution in [2.75, 3.05) is 0 Å². The molecule has 0 spiro atoms. The number of benzene rings is 1. The molecule has 1 N–H and O–H groups in total. The highest BCUT2D eigenvalue weighted by molar-refractivity contribution is 5.90. The molecule has 1 heterocycles. The minimum absolute atomic E-state index is 0.0918. The number of hydrogen-bond donors (Lipinski definition) is 1. The second-order valence-corrected chi connectivity index (χ2v) is 4.48. The van der Waals surface area contributed by atoms with Crippen LogP contribution in [0.3, 0.4) is 0 Å². The van der Waals surface area contributed by atoms with Crippen LogP contribution in [0.2, 0.25) is 0 Å². The maximum atomic E-state index is 13.2. The predicted octanol–water partition coefficient (Wildman–Crippen LogP) is 3.23. The van der Waals surface area contributed by atoms with Crippen molar-refractivity contribution in [2.24, 2.45) is 0 Å². The summed E-state index contributed by atoms with van der Waals surface area (Å²) in [7, 11) is 0. The highest BCUT2D eigenvalue weighted by Crippen LogP contribution is 2.26. The normalized spacial score (nSPS) is 10.6. The molecule has 2 aromatic rings. The van der Waals surface area contributed by atoms with Crippen molar-refractivity contribution in [3.05, 3.63) is 47.7 Å². The summed E-state index contributed by atoms with van der Waals surface area (Å²) >= 11 is 0. The lowest BCUT2D eigenvalue weighted by atomic mass is 10.1. The molecule has 0 saturated heterocycles. The van der Waals surface area contributed by atoms with Gasteiger partial charge in [0.2, 0.25) is 5.88 Å². The van der Waals surface area contributed by atoms with Crippen molar-refractivity contribution in [1.82, 2.24) is 9.97 Å². The first-order valence-electron chi connectivity index (χ1n) is 6.00. The Morgan fingerprint density at radius 3 is 2.70 bits per heavy atom.